The van der Waals surface area contributed by atoms with Crippen molar-refractivity contribution in [3.05, 3.63) is 30.2 Å². The number of nitrogens with zero attached hydrogens (tertiary/aromatic N) is 3. The summed E-state index contributed by atoms with van der Waals surface area (Å²) in [6.07, 6.45) is 7.86. The van der Waals surface area contributed by atoms with E-state index in [1.54, 1.807) is 7.11 Å². The van der Waals surface area contributed by atoms with Crippen molar-refractivity contribution in [2.24, 2.45) is 5.92 Å². The van der Waals surface area contributed by atoms with Crippen LogP contribution in [0.25, 0.3) is 5.65 Å². The van der Waals surface area contributed by atoms with Crippen LogP contribution in [0.3, 0.4) is 0 Å². The average molecular weight is 259 g/mol. The van der Waals surface area contributed by atoms with Crippen molar-refractivity contribution in [2.45, 2.75) is 19.3 Å². The van der Waals surface area contributed by atoms with E-state index in [0.717, 1.165) is 23.7 Å². The molecule has 1 atom stereocenters. The summed E-state index contributed by atoms with van der Waals surface area (Å²) in [7, 11) is 3.90. The molecule has 2 aromatic rings. The number of imidazole rings is 1. The number of fused-ring (bicyclic) bond motifs is 1. The molecule has 1 saturated heterocycles. The molecule has 0 aliphatic carbocycles. The lowest BCUT2D eigenvalue weighted by Gasteiger charge is -2.29. The van der Waals surface area contributed by atoms with Gasteiger partial charge in [-0.15, -0.1) is 0 Å². The Balaban J connectivity index is 1.77. The molecule has 0 aromatic carbocycles. The molecule has 3 heterocycles. The molecule has 19 heavy (non-hydrogen) atoms. The van der Waals surface area contributed by atoms with Crippen LogP contribution in [-0.4, -0.2) is 41.5 Å². The van der Waals surface area contributed by atoms with E-state index < -0.39 is 0 Å². The highest BCUT2D eigenvalue weighted by atomic mass is 16.5. The van der Waals surface area contributed by atoms with Gasteiger partial charge in [-0.05, 0) is 44.8 Å². The van der Waals surface area contributed by atoms with Gasteiger partial charge in [-0.3, -0.25) is 0 Å². The number of aromatic nitrogens is 2. The van der Waals surface area contributed by atoms with Crippen LogP contribution in [0, 0.1) is 5.92 Å². The SMILES string of the molecule is COc1ccn2cc(CC3CCCN(C)C3)nc2c1. The fourth-order valence-electron chi connectivity index (χ4n) is 2.98. The van der Waals surface area contributed by atoms with E-state index in [4.69, 9.17) is 9.72 Å². The number of ether oxygens (including phenoxy) is 1. The Morgan fingerprint density at radius 3 is 3.16 bits per heavy atom. The second-order valence-electron chi connectivity index (χ2n) is 5.54. The van der Waals surface area contributed by atoms with Gasteiger partial charge < -0.3 is 14.0 Å². The van der Waals surface area contributed by atoms with E-state index in [0.29, 0.717) is 0 Å². The summed E-state index contributed by atoms with van der Waals surface area (Å²) in [5.41, 5.74) is 2.16. The molecule has 1 fully saturated rings. The summed E-state index contributed by atoms with van der Waals surface area (Å²) in [5.74, 6) is 1.60. The highest BCUT2D eigenvalue weighted by Crippen LogP contribution is 2.21. The molecular weight excluding hydrogens is 238 g/mol. The van der Waals surface area contributed by atoms with Crippen LogP contribution in [0.15, 0.2) is 24.5 Å². The second-order valence-corrected chi connectivity index (χ2v) is 5.54. The minimum absolute atomic E-state index is 0.741. The molecule has 1 unspecified atom stereocenters. The van der Waals surface area contributed by atoms with Gasteiger partial charge in [0.05, 0.1) is 12.8 Å². The Bertz CT molecular complexity index is 564. The molecule has 1 aliphatic rings. The van der Waals surface area contributed by atoms with E-state index in [-0.39, 0.29) is 0 Å². The number of piperidine rings is 1. The Labute approximate surface area is 114 Å². The van der Waals surface area contributed by atoms with Crippen LogP contribution in [0.4, 0.5) is 0 Å². The number of rotatable bonds is 3. The van der Waals surface area contributed by atoms with Crippen molar-refractivity contribution in [3.8, 4) is 5.75 Å². The van der Waals surface area contributed by atoms with Crippen LogP contribution < -0.4 is 4.74 Å². The molecule has 0 bridgehead atoms. The summed E-state index contributed by atoms with van der Waals surface area (Å²) in [5, 5.41) is 0. The molecule has 1 aliphatic heterocycles. The van der Waals surface area contributed by atoms with Crippen LogP contribution in [-0.2, 0) is 6.42 Å². The highest BCUT2D eigenvalue weighted by Gasteiger charge is 2.18. The van der Waals surface area contributed by atoms with Gasteiger partial charge in [-0.25, -0.2) is 4.98 Å². The third kappa shape index (κ3) is 2.73. The van der Waals surface area contributed by atoms with Gasteiger partial charge in [-0.2, -0.15) is 0 Å². The van der Waals surface area contributed by atoms with Crippen molar-refractivity contribution in [3.63, 3.8) is 0 Å². The normalized spacial score (nSPS) is 20.8. The first-order valence-corrected chi connectivity index (χ1v) is 6.95. The van der Waals surface area contributed by atoms with Crippen molar-refractivity contribution in [1.29, 1.82) is 0 Å². The van der Waals surface area contributed by atoms with Gasteiger partial charge in [0.25, 0.3) is 0 Å². The standard InChI is InChI=1S/C15H21N3O/c1-17-6-3-4-12(10-17)8-13-11-18-7-5-14(19-2)9-15(18)16-13/h5,7,9,11-12H,3-4,6,8,10H2,1-2H3. The van der Waals surface area contributed by atoms with Crippen LogP contribution in [0.1, 0.15) is 18.5 Å². The molecule has 0 amide bonds. The third-order valence-electron chi connectivity index (χ3n) is 3.94. The first-order valence-electron chi connectivity index (χ1n) is 6.95. The number of methoxy groups -OCH3 is 1. The smallest absolute Gasteiger partial charge is 0.140 e. The molecule has 0 radical (unpaired) electrons. The minimum atomic E-state index is 0.741. The molecule has 0 spiro atoms. The van der Waals surface area contributed by atoms with Gasteiger partial charge in [0.15, 0.2) is 0 Å². The van der Waals surface area contributed by atoms with Gasteiger partial charge in [0.1, 0.15) is 11.4 Å². The predicted octanol–water partition coefficient (Wildman–Crippen LogP) is 2.23. The van der Waals surface area contributed by atoms with Crippen LogP contribution >= 0.6 is 0 Å². The Morgan fingerprint density at radius 2 is 2.37 bits per heavy atom. The molecule has 102 valence electrons. The molecule has 3 rings (SSSR count). The fourth-order valence-corrected chi connectivity index (χ4v) is 2.98. The highest BCUT2D eigenvalue weighted by molar-refractivity contribution is 5.45. The maximum absolute atomic E-state index is 5.24. The molecule has 0 N–H and O–H groups in total. The molecule has 2 aromatic heterocycles. The summed E-state index contributed by atoms with van der Waals surface area (Å²) in [6.45, 7) is 2.43. The monoisotopic (exact) mass is 259 g/mol. The zero-order valence-corrected chi connectivity index (χ0v) is 11.7. The summed E-state index contributed by atoms with van der Waals surface area (Å²) in [6, 6.07) is 3.95. The summed E-state index contributed by atoms with van der Waals surface area (Å²) >= 11 is 0. The number of hydrogen-bond donors (Lipinski definition) is 0. The molecule has 4 heteroatoms. The molecule has 4 nitrogen and oxygen atoms in total. The first-order chi connectivity index (χ1) is 9.24. The van der Waals surface area contributed by atoms with Gasteiger partial charge in [-0.1, -0.05) is 0 Å². The number of pyridine rings is 1. The first kappa shape index (κ1) is 12.5. The summed E-state index contributed by atoms with van der Waals surface area (Å²) in [4.78, 5) is 7.13. The van der Waals surface area contributed by atoms with Crippen molar-refractivity contribution in [1.82, 2.24) is 14.3 Å². The zero-order chi connectivity index (χ0) is 13.2. The van der Waals surface area contributed by atoms with Crippen LogP contribution in [0.5, 0.6) is 5.75 Å². The average Bonchev–Trinajstić information content (AvgIpc) is 2.79. The minimum Gasteiger partial charge on any atom is -0.497 e. The lowest BCUT2D eigenvalue weighted by molar-refractivity contribution is 0.208. The fraction of sp³-hybridized carbons (Fsp3) is 0.533. The zero-order valence-electron chi connectivity index (χ0n) is 11.7. The van der Waals surface area contributed by atoms with Crippen LogP contribution in [0.2, 0.25) is 0 Å². The molecule has 0 saturated carbocycles. The Hall–Kier alpha value is -1.55. The number of likely N-dealkylation sites (tertiary alicyclic amines) is 1. The van der Waals surface area contributed by atoms with Gasteiger partial charge in [0.2, 0.25) is 0 Å². The van der Waals surface area contributed by atoms with Gasteiger partial charge >= 0.3 is 0 Å². The maximum Gasteiger partial charge on any atom is 0.140 e. The van der Waals surface area contributed by atoms with E-state index in [9.17, 15) is 0 Å². The summed E-state index contributed by atoms with van der Waals surface area (Å²) < 4.78 is 7.31. The van der Waals surface area contributed by atoms with Crippen molar-refractivity contribution < 1.29 is 4.74 Å². The van der Waals surface area contributed by atoms with E-state index >= 15 is 0 Å². The largest absolute Gasteiger partial charge is 0.497 e. The predicted molar refractivity (Wildman–Crippen MR) is 75.7 cm³/mol. The maximum atomic E-state index is 5.24. The third-order valence-corrected chi connectivity index (χ3v) is 3.94. The Morgan fingerprint density at radius 1 is 1.47 bits per heavy atom. The van der Waals surface area contributed by atoms with E-state index in [1.165, 1.54) is 31.6 Å². The lowest BCUT2D eigenvalue weighted by atomic mass is 9.94. The quantitative estimate of drug-likeness (QED) is 0.846. The van der Waals surface area contributed by atoms with E-state index in [2.05, 4.69) is 22.5 Å². The second kappa shape index (κ2) is 5.21. The number of hydrogen-bond acceptors (Lipinski definition) is 3. The van der Waals surface area contributed by atoms with Gasteiger partial charge in [0, 0.05) is 25.0 Å². The van der Waals surface area contributed by atoms with Crippen molar-refractivity contribution in [2.75, 3.05) is 27.2 Å². The van der Waals surface area contributed by atoms with E-state index in [1.807, 2.05) is 18.3 Å². The lowest BCUT2D eigenvalue weighted by Crippen LogP contribution is -2.33. The molecular formula is C15H21N3O. The Kier molecular flexibility index (Phi) is 3.42. The van der Waals surface area contributed by atoms with Crippen molar-refractivity contribution >= 4 is 5.65 Å². The topological polar surface area (TPSA) is 29.8 Å².